The predicted molar refractivity (Wildman–Crippen MR) is 70.5 cm³/mol. The lowest BCUT2D eigenvalue weighted by molar-refractivity contribution is -0.388. The number of para-hydroxylation sites is 2. The number of nitrogens with zero attached hydrogens (tertiary/aromatic N) is 1. The van der Waals surface area contributed by atoms with E-state index in [-0.39, 0.29) is 19.0 Å². The van der Waals surface area contributed by atoms with Gasteiger partial charge in [-0.05, 0) is 24.3 Å². The average Bonchev–Trinajstić information content (AvgIpc) is 2.44. The van der Waals surface area contributed by atoms with E-state index in [4.69, 9.17) is 9.47 Å². The van der Waals surface area contributed by atoms with Crippen LogP contribution in [0.25, 0.3) is 0 Å². The van der Waals surface area contributed by atoms with E-state index >= 15 is 0 Å². The molecule has 2 aromatic rings. The quantitative estimate of drug-likeness (QED) is 0.462. The monoisotopic (exact) mass is 277 g/mol. The molecule has 0 saturated heterocycles. The van der Waals surface area contributed by atoms with E-state index in [9.17, 15) is 14.5 Å². The Bertz CT molecular complexity index is 589. The molecule has 0 unspecified atom stereocenters. The Morgan fingerprint density at radius 2 is 1.70 bits per heavy atom. The number of ether oxygens (including phenoxy) is 2. The molecule has 2 aromatic carbocycles. The van der Waals surface area contributed by atoms with Crippen molar-refractivity contribution in [3.05, 3.63) is 64.5 Å². The minimum absolute atomic E-state index is 0.0825. The van der Waals surface area contributed by atoms with Gasteiger partial charge < -0.3 is 9.47 Å². The van der Waals surface area contributed by atoms with Gasteiger partial charge in [0.1, 0.15) is 19.0 Å². The second kappa shape index (κ2) is 6.51. The molecule has 0 aliphatic heterocycles. The summed E-state index contributed by atoms with van der Waals surface area (Å²) < 4.78 is 23.9. The second-order valence-electron chi connectivity index (χ2n) is 3.85. The number of nitro benzene ring substituents is 1. The van der Waals surface area contributed by atoms with E-state index in [1.807, 2.05) is 18.2 Å². The highest BCUT2D eigenvalue weighted by Gasteiger charge is 2.20. The summed E-state index contributed by atoms with van der Waals surface area (Å²) in [6.45, 7) is 0.289. The number of benzene rings is 2. The lowest BCUT2D eigenvalue weighted by atomic mass is 10.3. The van der Waals surface area contributed by atoms with Gasteiger partial charge in [0.25, 0.3) is 0 Å². The van der Waals surface area contributed by atoms with Gasteiger partial charge in [-0.2, -0.15) is 4.39 Å². The fourth-order valence-corrected chi connectivity index (χ4v) is 1.62. The molecular formula is C14H12FNO4. The lowest BCUT2D eigenvalue weighted by Gasteiger charge is -2.08. The van der Waals surface area contributed by atoms with E-state index in [2.05, 4.69) is 0 Å². The van der Waals surface area contributed by atoms with Crippen LogP contribution in [0.1, 0.15) is 0 Å². The van der Waals surface area contributed by atoms with E-state index in [1.54, 1.807) is 12.1 Å². The topological polar surface area (TPSA) is 61.6 Å². The molecule has 6 heteroatoms. The van der Waals surface area contributed by atoms with Crippen molar-refractivity contribution in [3.63, 3.8) is 0 Å². The fourth-order valence-electron chi connectivity index (χ4n) is 1.62. The highest BCUT2D eigenvalue weighted by Crippen LogP contribution is 2.29. The molecule has 0 aliphatic rings. The number of hydrogen-bond acceptors (Lipinski definition) is 4. The number of halogens is 1. The van der Waals surface area contributed by atoms with E-state index in [0.29, 0.717) is 5.75 Å². The zero-order chi connectivity index (χ0) is 14.4. The van der Waals surface area contributed by atoms with Crippen LogP contribution in [0.4, 0.5) is 10.1 Å². The van der Waals surface area contributed by atoms with Gasteiger partial charge in [0.05, 0.1) is 4.92 Å². The molecule has 2 rings (SSSR count). The molecule has 0 atom stereocenters. The first-order valence-electron chi connectivity index (χ1n) is 5.92. The minimum atomic E-state index is -0.920. The van der Waals surface area contributed by atoms with Crippen LogP contribution < -0.4 is 9.47 Å². The zero-order valence-electron chi connectivity index (χ0n) is 10.5. The summed E-state index contributed by atoms with van der Waals surface area (Å²) in [6, 6.07) is 12.8. The Labute approximate surface area is 114 Å². The molecule has 0 N–H and O–H groups in total. The maximum absolute atomic E-state index is 13.3. The highest BCUT2D eigenvalue weighted by molar-refractivity contribution is 5.47. The fraction of sp³-hybridized carbons (Fsp3) is 0.143. The molecule has 5 nitrogen and oxygen atoms in total. The standard InChI is InChI=1S/C14H12FNO4/c15-12-7-4-8-13(14(12)16(17)18)20-10-9-19-11-5-2-1-3-6-11/h1-8H,9-10H2. The maximum atomic E-state index is 13.3. The van der Waals surface area contributed by atoms with E-state index in [1.165, 1.54) is 12.1 Å². The van der Waals surface area contributed by atoms with Crippen LogP contribution >= 0.6 is 0 Å². The molecule has 0 saturated carbocycles. The third-order valence-corrected chi connectivity index (χ3v) is 2.49. The van der Waals surface area contributed by atoms with Crippen LogP contribution in [-0.2, 0) is 0 Å². The molecule has 0 aliphatic carbocycles. The molecule has 0 amide bonds. The van der Waals surface area contributed by atoms with Crippen molar-refractivity contribution in [1.82, 2.24) is 0 Å². The van der Waals surface area contributed by atoms with Gasteiger partial charge in [-0.15, -0.1) is 0 Å². The zero-order valence-corrected chi connectivity index (χ0v) is 10.5. The van der Waals surface area contributed by atoms with Crippen LogP contribution in [0.15, 0.2) is 48.5 Å². The first-order chi connectivity index (χ1) is 9.68. The number of rotatable bonds is 6. The molecule has 0 spiro atoms. The molecule has 0 heterocycles. The van der Waals surface area contributed by atoms with Crippen molar-refractivity contribution in [2.24, 2.45) is 0 Å². The Balaban J connectivity index is 1.92. The van der Waals surface area contributed by atoms with Gasteiger partial charge in [-0.1, -0.05) is 24.3 Å². The third-order valence-electron chi connectivity index (χ3n) is 2.49. The first-order valence-corrected chi connectivity index (χ1v) is 5.92. The van der Waals surface area contributed by atoms with Crippen molar-refractivity contribution in [2.45, 2.75) is 0 Å². The summed E-state index contributed by atoms with van der Waals surface area (Å²) in [4.78, 5) is 9.95. The van der Waals surface area contributed by atoms with Crippen molar-refractivity contribution in [3.8, 4) is 11.5 Å². The summed E-state index contributed by atoms with van der Waals surface area (Å²) >= 11 is 0. The largest absolute Gasteiger partial charge is 0.490 e. The Morgan fingerprint density at radius 3 is 2.40 bits per heavy atom. The molecule has 0 radical (unpaired) electrons. The Kier molecular flexibility index (Phi) is 4.49. The van der Waals surface area contributed by atoms with Crippen LogP contribution in [0.3, 0.4) is 0 Å². The van der Waals surface area contributed by atoms with Crippen molar-refractivity contribution in [2.75, 3.05) is 13.2 Å². The summed E-state index contributed by atoms with van der Waals surface area (Å²) in [5, 5.41) is 10.8. The summed E-state index contributed by atoms with van der Waals surface area (Å²) in [5.74, 6) is -0.354. The molecule has 104 valence electrons. The van der Waals surface area contributed by atoms with Crippen molar-refractivity contribution < 1.29 is 18.8 Å². The van der Waals surface area contributed by atoms with Crippen LogP contribution in [0.2, 0.25) is 0 Å². The van der Waals surface area contributed by atoms with Crippen molar-refractivity contribution in [1.29, 1.82) is 0 Å². The van der Waals surface area contributed by atoms with Crippen LogP contribution in [-0.4, -0.2) is 18.1 Å². The lowest BCUT2D eigenvalue weighted by Crippen LogP contribution is -2.10. The van der Waals surface area contributed by atoms with Crippen LogP contribution in [0, 0.1) is 15.9 Å². The molecule has 0 aromatic heterocycles. The average molecular weight is 277 g/mol. The molecule has 0 fully saturated rings. The first kappa shape index (κ1) is 13.8. The van der Waals surface area contributed by atoms with Gasteiger partial charge in [0.15, 0.2) is 5.75 Å². The Morgan fingerprint density at radius 1 is 1.00 bits per heavy atom. The van der Waals surface area contributed by atoms with Gasteiger partial charge >= 0.3 is 5.69 Å². The van der Waals surface area contributed by atoms with E-state index < -0.39 is 16.4 Å². The van der Waals surface area contributed by atoms with Gasteiger partial charge in [-0.25, -0.2) is 0 Å². The van der Waals surface area contributed by atoms with Crippen molar-refractivity contribution >= 4 is 5.69 Å². The smallest absolute Gasteiger partial charge is 0.346 e. The Hall–Kier alpha value is -2.63. The predicted octanol–water partition coefficient (Wildman–Crippen LogP) is 3.19. The second-order valence-corrected chi connectivity index (χ2v) is 3.85. The van der Waals surface area contributed by atoms with Gasteiger partial charge in [0.2, 0.25) is 5.82 Å². The van der Waals surface area contributed by atoms with Crippen LogP contribution in [0.5, 0.6) is 11.5 Å². The van der Waals surface area contributed by atoms with Gasteiger partial charge in [0, 0.05) is 0 Å². The maximum Gasteiger partial charge on any atom is 0.346 e. The SMILES string of the molecule is O=[N+]([O-])c1c(F)cccc1OCCOc1ccccc1. The third kappa shape index (κ3) is 3.44. The normalized spacial score (nSPS) is 10.1. The van der Waals surface area contributed by atoms with E-state index in [0.717, 1.165) is 6.07 Å². The summed E-state index contributed by atoms with van der Waals surface area (Å²) in [7, 11) is 0. The molecular weight excluding hydrogens is 265 g/mol. The van der Waals surface area contributed by atoms with Gasteiger partial charge in [-0.3, -0.25) is 10.1 Å². The minimum Gasteiger partial charge on any atom is -0.490 e. The highest BCUT2D eigenvalue weighted by atomic mass is 19.1. The summed E-state index contributed by atoms with van der Waals surface area (Å²) in [6.07, 6.45) is 0. The number of nitro groups is 1. The summed E-state index contributed by atoms with van der Waals surface area (Å²) in [5.41, 5.74) is -0.660. The molecule has 0 bridgehead atoms. The molecule has 20 heavy (non-hydrogen) atoms. The number of hydrogen-bond donors (Lipinski definition) is 0.